The maximum Gasteiger partial charge on any atom is 0.314 e. The average Bonchev–Trinajstić information content (AvgIpc) is 2.83. The van der Waals surface area contributed by atoms with Crippen molar-refractivity contribution in [1.82, 2.24) is 10.1 Å². The number of Topliss-reactive ketones (excluding diaryl/α,β-unsaturated/α-hetero) is 1. The third-order valence-corrected chi connectivity index (χ3v) is 2.69. The first kappa shape index (κ1) is 15.9. The highest BCUT2D eigenvalue weighted by Crippen LogP contribution is 2.19. The van der Waals surface area contributed by atoms with Gasteiger partial charge in [-0.15, -0.1) is 0 Å². The minimum atomic E-state index is -0.613. The van der Waals surface area contributed by atoms with Gasteiger partial charge in [0.15, 0.2) is 11.5 Å². The second-order valence-electron chi connectivity index (χ2n) is 5.95. The monoisotopic (exact) mass is 302 g/mol. The molecule has 6 nitrogen and oxygen atoms in total. The third-order valence-electron chi connectivity index (χ3n) is 2.69. The first-order valence-electron chi connectivity index (χ1n) is 6.89. The zero-order chi connectivity index (χ0) is 16.3. The number of pyridine rings is 1. The molecule has 116 valence electrons. The van der Waals surface area contributed by atoms with Crippen molar-refractivity contribution in [3.8, 4) is 11.5 Å². The van der Waals surface area contributed by atoms with E-state index in [1.807, 2.05) is 0 Å². The lowest BCUT2D eigenvalue weighted by molar-refractivity contribution is -0.153. The lowest BCUT2D eigenvalue weighted by Crippen LogP contribution is -2.25. The van der Waals surface area contributed by atoms with E-state index in [1.54, 1.807) is 45.9 Å². The summed E-state index contributed by atoms with van der Waals surface area (Å²) in [7, 11) is 0. The van der Waals surface area contributed by atoms with Gasteiger partial charge in [0.05, 0.1) is 5.69 Å². The molecule has 0 spiro atoms. The number of esters is 1. The minimum absolute atomic E-state index is 0.309. The van der Waals surface area contributed by atoms with Crippen LogP contribution < -0.4 is 0 Å². The van der Waals surface area contributed by atoms with Gasteiger partial charge in [0.25, 0.3) is 0 Å². The molecule has 0 aliphatic heterocycles. The molecule has 0 atom stereocenters. The van der Waals surface area contributed by atoms with Crippen molar-refractivity contribution in [2.75, 3.05) is 0 Å². The molecule has 2 rings (SSSR count). The molecule has 0 aliphatic carbocycles. The Kier molecular flexibility index (Phi) is 4.40. The van der Waals surface area contributed by atoms with Crippen molar-refractivity contribution < 1.29 is 18.8 Å². The van der Waals surface area contributed by atoms with E-state index >= 15 is 0 Å². The Morgan fingerprint density at radius 2 is 2.00 bits per heavy atom. The molecule has 0 radical (unpaired) electrons. The first-order valence-corrected chi connectivity index (χ1v) is 6.89. The van der Waals surface area contributed by atoms with Gasteiger partial charge in [-0.1, -0.05) is 5.16 Å². The van der Waals surface area contributed by atoms with Gasteiger partial charge in [-0.05, 0) is 39.8 Å². The predicted molar refractivity (Wildman–Crippen MR) is 79.3 cm³/mol. The average molecular weight is 302 g/mol. The molecule has 0 bridgehead atoms. The number of carbonyl (C=O) groups is 2. The van der Waals surface area contributed by atoms with Crippen molar-refractivity contribution in [2.24, 2.45) is 0 Å². The first-order chi connectivity index (χ1) is 10.2. The van der Waals surface area contributed by atoms with E-state index in [9.17, 15) is 9.59 Å². The normalized spacial score (nSPS) is 11.3. The van der Waals surface area contributed by atoms with Gasteiger partial charge in [0, 0.05) is 17.8 Å². The minimum Gasteiger partial charge on any atom is -0.460 e. The van der Waals surface area contributed by atoms with Crippen molar-refractivity contribution in [2.45, 2.75) is 39.7 Å². The Labute approximate surface area is 128 Å². The Morgan fingerprint density at radius 1 is 1.27 bits per heavy atom. The van der Waals surface area contributed by atoms with Gasteiger partial charge in [-0.3, -0.25) is 14.6 Å². The van der Waals surface area contributed by atoms with Crippen molar-refractivity contribution >= 4 is 11.8 Å². The van der Waals surface area contributed by atoms with Crippen LogP contribution in [0.1, 0.15) is 43.2 Å². The van der Waals surface area contributed by atoms with Crippen LogP contribution in [0.15, 0.2) is 28.9 Å². The fourth-order valence-electron chi connectivity index (χ4n) is 1.83. The Balaban J connectivity index is 2.12. The maximum atomic E-state index is 12.2. The number of rotatable bonds is 4. The molecule has 0 aliphatic rings. The smallest absolute Gasteiger partial charge is 0.314 e. The second-order valence-corrected chi connectivity index (χ2v) is 5.95. The number of ether oxygens (including phenoxy) is 1. The highest BCUT2D eigenvalue weighted by molar-refractivity contribution is 6.06. The summed E-state index contributed by atoms with van der Waals surface area (Å²) in [6.07, 6.45) is 1.19. The van der Waals surface area contributed by atoms with E-state index in [1.165, 1.54) is 6.20 Å². The summed E-state index contributed by atoms with van der Waals surface area (Å²) < 4.78 is 10.3. The van der Waals surface area contributed by atoms with Crippen LogP contribution in [0.5, 0.6) is 0 Å². The fraction of sp³-hybridized carbons (Fsp3) is 0.375. The fourth-order valence-corrected chi connectivity index (χ4v) is 1.83. The maximum absolute atomic E-state index is 12.2. The van der Waals surface area contributed by atoms with E-state index < -0.39 is 11.6 Å². The van der Waals surface area contributed by atoms with Gasteiger partial charge >= 0.3 is 5.97 Å². The highest BCUT2D eigenvalue weighted by Gasteiger charge is 2.20. The zero-order valence-electron chi connectivity index (χ0n) is 13.0. The summed E-state index contributed by atoms with van der Waals surface area (Å²) in [5.74, 6) is -0.398. The third kappa shape index (κ3) is 4.25. The summed E-state index contributed by atoms with van der Waals surface area (Å²) in [4.78, 5) is 28.0. The summed E-state index contributed by atoms with van der Waals surface area (Å²) in [5.41, 5.74) is 0.987. The molecule has 2 heterocycles. The van der Waals surface area contributed by atoms with Crippen molar-refractivity contribution in [3.63, 3.8) is 0 Å². The molecule has 0 saturated heterocycles. The molecule has 0 unspecified atom stereocenters. The van der Waals surface area contributed by atoms with Crippen LogP contribution in [-0.2, 0) is 9.53 Å². The van der Waals surface area contributed by atoms with Gasteiger partial charge < -0.3 is 9.26 Å². The van der Waals surface area contributed by atoms with Gasteiger partial charge in [-0.2, -0.15) is 0 Å². The van der Waals surface area contributed by atoms with Gasteiger partial charge in [-0.25, -0.2) is 0 Å². The molecule has 6 heteroatoms. The van der Waals surface area contributed by atoms with Crippen LogP contribution in [0, 0.1) is 6.92 Å². The largest absolute Gasteiger partial charge is 0.460 e. The number of nitrogens with zero attached hydrogens (tertiary/aromatic N) is 2. The Bertz CT molecular complexity index is 698. The SMILES string of the molecule is Cc1cc(-c2cc(C(=O)CC(=O)OC(C)(C)C)ccn2)on1. The number of carbonyl (C=O) groups excluding carboxylic acids is 2. The lowest BCUT2D eigenvalue weighted by Gasteiger charge is -2.19. The van der Waals surface area contributed by atoms with E-state index in [-0.39, 0.29) is 12.2 Å². The molecule has 2 aromatic heterocycles. The van der Waals surface area contributed by atoms with Crippen LogP contribution >= 0.6 is 0 Å². The zero-order valence-corrected chi connectivity index (χ0v) is 13.0. The molecule has 0 fully saturated rings. The summed E-state index contributed by atoms with van der Waals surface area (Å²) in [6.45, 7) is 7.06. The van der Waals surface area contributed by atoms with Crippen LogP contribution in [0.3, 0.4) is 0 Å². The Morgan fingerprint density at radius 3 is 2.59 bits per heavy atom. The predicted octanol–water partition coefficient (Wildman–Crippen LogP) is 2.96. The number of aryl methyl sites for hydroxylation is 1. The van der Waals surface area contributed by atoms with Crippen LogP contribution in [0.4, 0.5) is 0 Å². The number of hydrogen-bond donors (Lipinski definition) is 0. The van der Waals surface area contributed by atoms with E-state index in [4.69, 9.17) is 9.26 Å². The second kappa shape index (κ2) is 6.09. The van der Waals surface area contributed by atoms with Crippen LogP contribution in [0.25, 0.3) is 11.5 Å². The molecular formula is C16H18N2O4. The summed E-state index contributed by atoms with van der Waals surface area (Å²) in [5, 5.41) is 3.78. The molecular weight excluding hydrogens is 284 g/mol. The number of aromatic nitrogens is 2. The van der Waals surface area contributed by atoms with Crippen molar-refractivity contribution in [1.29, 1.82) is 0 Å². The van der Waals surface area contributed by atoms with E-state index in [2.05, 4.69) is 10.1 Å². The Hall–Kier alpha value is -2.50. The molecule has 2 aromatic rings. The lowest BCUT2D eigenvalue weighted by atomic mass is 10.1. The van der Waals surface area contributed by atoms with E-state index in [0.717, 1.165) is 5.69 Å². The number of hydrogen-bond acceptors (Lipinski definition) is 6. The van der Waals surface area contributed by atoms with Crippen molar-refractivity contribution in [3.05, 3.63) is 35.7 Å². The topological polar surface area (TPSA) is 82.3 Å². The summed E-state index contributed by atoms with van der Waals surface area (Å²) in [6, 6.07) is 4.86. The summed E-state index contributed by atoms with van der Waals surface area (Å²) >= 11 is 0. The molecule has 0 amide bonds. The molecule has 0 saturated carbocycles. The standard InChI is InChI=1S/C16H18N2O4/c1-10-7-14(22-18-10)12-8-11(5-6-17-12)13(19)9-15(20)21-16(2,3)4/h5-8H,9H2,1-4H3. The molecule has 0 N–H and O–H groups in total. The van der Waals surface area contributed by atoms with Crippen LogP contribution in [-0.4, -0.2) is 27.5 Å². The highest BCUT2D eigenvalue weighted by atomic mass is 16.6. The van der Waals surface area contributed by atoms with Crippen LogP contribution in [0.2, 0.25) is 0 Å². The quantitative estimate of drug-likeness (QED) is 0.490. The number of ketones is 1. The molecule has 22 heavy (non-hydrogen) atoms. The molecule has 0 aromatic carbocycles. The van der Waals surface area contributed by atoms with E-state index in [0.29, 0.717) is 17.0 Å². The van der Waals surface area contributed by atoms with Gasteiger partial charge in [0.2, 0.25) is 0 Å². The van der Waals surface area contributed by atoms with Gasteiger partial charge in [0.1, 0.15) is 17.7 Å².